The zero-order chi connectivity index (χ0) is 17.8. The van der Waals surface area contributed by atoms with Crippen molar-refractivity contribution in [3.63, 3.8) is 0 Å². The Bertz CT molecular complexity index is 945. The average molecular weight is 363 g/mol. The minimum atomic E-state index is -0.130. The topological polar surface area (TPSA) is 66.0 Å². The lowest BCUT2D eigenvalue weighted by Crippen LogP contribution is -2.16. The molecule has 2 aromatic rings. The van der Waals surface area contributed by atoms with Crippen molar-refractivity contribution < 1.29 is 0 Å². The van der Waals surface area contributed by atoms with Gasteiger partial charge in [0.2, 0.25) is 0 Å². The van der Waals surface area contributed by atoms with Gasteiger partial charge in [-0.3, -0.25) is 9.67 Å². The highest BCUT2D eigenvalue weighted by Gasteiger charge is 2.11. The Morgan fingerprint density at radius 1 is 1.27 bits per heavy atom. The smallest absolute Gasteiger partial charge is 0.0992 e. The van der Waals surface area contributed by atoms with Crippen LogP contribution < -0.4 is 5.32 Å². The third-order valence-corrected chi connectivity index (χ3v) is 6.40. The third kappa shape index (κ3) is 3.85. The molecule has 4 rings (SSSR count). The van der Waals surface area contributed by atoms with Crippen LogP contribution in [0.5, 0.6) is 0 Å². The number of nitrogens with one attached hydrogen (secondary N) is 1. The molecule has 0 radical (unpaired) electrons. The summed E-state index contributed by atoms with van der Waals surface area (Å²) in [6.45, 7) is 2.63. The number of fused-ring (bicyclic) bond motifs is 5. The van der Waals surface area contributed by atoms with Crippen LogP contribution in [0.1, 0.15) is 29.5 Å². The first kappa shape index (κ1) is 17.0. The van der Waals surface area contributed by atoms with Crippen LogP contribution in [0.25, 0.3) is 0 Å². The predicted molar refractivity (Wildman–Crippen MR) is 107 cm³/mol. The van der Waals surface area contributed by atoms with Gasteiger partial charge in [0.25, 0.3) is 0 Å². The van der Waals surface area contributed by atoms with Crippen molar-refractivity contribution in [1.82, 2.24) is 15.1 Å². The van der Waals surface area contributed by atoms with Gasteiger partial charge in [0.1, 0.15) is 0 Å². The number of aromatic nitrogens is 2. The van der Waals surface area contributed by atoms with Crippen LogP contribution in [0.2, 0.25) is 0 Å². The number of aliphatic imine (C=N–C) groups is 1. The molecule has 0 amide bonds. The van der Waals surface area contributed by atoms with Crippen LogP contribution in [0, 0.1) is 11.3 Å². The fourth-order valence-electron chi connectivity index (χ4n) is 3.22. The molecule has 1 aromatic carbocycles. The Morgan fingerprint density at radius 3 is 3.15 bits per heavy atom. The van der Waals surface area contributed by atoms with Crippen LogP contribution in [-0.4, -0.2) is 27.4 Å². The lowest BCUT2D eigenvalue weighted by Gasteiger charge is -2.15. The van der Waals surface area contributed by atoms with Crippen molar-refractivity contribution in [1.29, 1.82) is 5.26 Å². The zero-order valence-electron chi connectivity index (χ0n) is 14.6. The van der Waals surface area contributed by atoms with Gasteiger partial charge in [0.05, 0.1) is 17.8 Å². The van der Waals surface area contributed by atoms with E-state index in [9.17, 15) is 5.26 Å². The standard InChI is InChI=1S/C20H21N5S/c21-11-16-3-4-18-5-6-22-12-17-13-24-25(14-17)8-1-2-19-15-26(9-7-23-19)20(18)10-16/h3-4,7,9-10,13-15,22H,1-2,5-6,8,12H2. The van der Waals surface area contributed by atoms with E-state index in [1.807, 2.05) is 29.2 Å². The molecule has 3 heterocycles. The molecule has 0 aliphatic carbocycles. The van der Waals surface area contributed by atoms with Gasteiger partial charge in [-0.1, -0.05) is 6.07 Å². The fraction of sp³-hybridized carbons (Fsp3) is 0.300. The minimum absolute atomic E-state index is 0.130. The summed E-state index contributed by atoms with van der Waals surface area (Å²) >= 11 is 0. The van der Waals surface area contributed by atoms with Crippen LogP contribution >= 0.6 is 10.5 Å². The maximum Gasteiger partial charge on any atom is 0.0992 e. The molecule has 1 aromatic heterocycles. The molecule has 2 aliphatic heterocycles. The van der Waals surface area contributed by atoms with E-state index >= 15 is 0 Å². The van der Waals surface area contributed by atoms with E-state index in [1.165, 1.54) is 16.0 Å². The molecule has 132 valence electrons. The first-order valence-electron chi connectivity index (χ1n) is 8.87. The number of benzene rings is 1. The largest absolute Gasteiger partial charge is 0.312 e. The number of nitriles is 1. The Morgan fingerprint density at radius 2 is 2.23 bits per heavy atom. The van der Waals surface area contributed by atoms with Gasteiger partial charge >= 0.3 is 0 Å². The van der Waals surface area contributed by atoms with E-state index in [0.29, 0.717) is 0 Å². The third-order valence-electron chi connectivity index (χ3n) is 4.57. The molecule has 0 saturated carbocycles. The minimum Gasteiger partial charge on any atom is -0.312 e. The second-order valence-corrected chi connectivity index (χ2v) is 8.16. The molecular formula is C20H21N5S. The Balaban J connectivity index is 1.68. The molecule has 0 saturated heterocycles. The summed E-state index contributed by atoms with van der Waals surface area (Å²) in [5, 5.41) is 21.7. The van der Waals surface area contributed by atoms with Gasteiger partial charge in [-0.2, -0.15) is 10.4 Å². The van der Waals surface area contributed by atoms with Gasteiger partial charge in [-0.05, 0) is 54.3 Å². The zero-order valence-corrected chi connectivity index (χ0v) is 15.4. The summed E-state index contributed by atoms with van der Waals surface area (Å²) in [6.07, 6.45) is 8.87. The summed E-state index contributed by atoms with van der Waals surface area (Å²) < 4.78 is 2.02. The Kier molecular flexibility index (Phi) is 5.09. The molecule has 1 N–H and O–H groups in total. The van der Waals surface area contributed by atoms with Crippen molar-refractivity contribution in [2.75, 3.05) is 6.54 Å². The van der Waals surface area contributed by atoms with Gasteiger partial charge in [-0.15, -0.1) is 10.5 Å². The SMILES string of the molecule is N#Cc1ccc2c(c1)S1=CC(=NC=C1)CCCn1cc(cn1)CNCC2. The highest BCUT2D eigenvalue weighted by atomic mass is 32.2. The highest BCUT2D eigenvalue weighted by molar-refractivity contribution is 8.18. The first-order chi connectivity index (χ1) is 12.8. The van der Waals surface area contributed by atoms with Crippen LogP contribution in [0.3, 0.4) is 0 Å². The van der Waals surface area contributed by atoms with Crippen molar-refractivity contribution in [2.24, 2.45) is 4.99 Å². The molecule has 26 heavy (non-hydrogen) atoms. The Hall–Kier alpha value is -2.49. The van der Waals surface area contributed by atoms with Gasteiger partial charge in [0.15, 0.2) is 0 Å². The quantitative estimate of drug-likeness (QED) is 0.731. The second kappa shape index (κ2) is 7.81. The molecular weight excluding hydrogens is 342 g/mol. The Labute approximate surface area is 156 Å². The molecule has 2 aliphatic rings. The van der Waals surface area contributed by atoms with Crippen LogP contribution in [0.15, 0.2) is 52.1 Å². The lowest BCUT2D eigenvalue weighted by atomic mass is 10.1. The maximum absolute atomic E-state index is 9.30. The van der Waals surface area contributed by atoms with Crippen molar-refractivity contribution >= 4 is 21.6 Å². The molecule has 0 spiro atoms. The van der Waals surface area contributed by atoms with Crippen molar-refractivity contribution in [3.05, 3.63) is 58.9 Å². The molecule has 4 bridgehead atoms. The van der Waals surface area contributed by atoms with Crippen LogP contribution in [-0.2, 0) is 19.5 Å². The molecule has 6 heteroatoms. The number of aryl methyl sites for hydroxylation is 1. The normalized spacial score (nSPS) is 20.0. The van der Waals surface area contributed by atoms with E-state index in [1.54, 1.807) is 0 Å². The lowest BCUT2D eigenvalue weighted by molar-refractivity contribution is 0.589. The number of rotatable bonds is 0. The van der Waals surface area contributed by atoms with E-state index in [4.69, 9.17) is 0 Å². The van der Waals surface area contributed by atoms with Crippen molar-refractivity contribution in [3.8, 4) is 6.07 Å². The summed E-state index contributed by atoms with van der Waals surface area (Å²) in [6, 6.07) is 8.34. The van der Waals surface area contributed by atoms with E-state index in [0.717, 1.165) is 50.2 Å². The van der Waals surface area contributed by atoms with E-state index < -0.39 is 0 Å². The molecule has 1 unspecified atom stereocenters. The monoisotopic (exact) mass is 363 g/mol. The highest BCUT2D eigenvalue weighted by Crippen LogP contribution is 2.33. The second-order valence-electron chi connectivity index (χ2n) is 6.47. The summed E-state index contributed by atoms with van der Waals surface area (Å²) in [5.41, 5.74) is 4.36. The van der Waals surface area contributed by atoms with Gasteiger partial charge in [-0.25, -0.2) is 0 Å². The number of hydrogen-bond donors (Lipinski definition) is 1. The van der Waals surface area contributed by atoms with Crippen molar-refractivity contribution in [2.45, 2.75) is 37.2 Å². The molecule has 5 nitrogen and oxygen atoms in total. The summed E-state index contributed by atoms with van der Waals surface area (Å²) in [7, 11) is -0.130. The van der Waals surface area contributed by atoms with E-state index in [-0.39, 0.29) is 10.5 Å². The molecule has 1 atom stereocenters. The van der Waals surface area contributed by atoms with Gasteiger partial charge in [0, 0.05) is 41.7 Å². The molecule has 0 fully saturated rings. The van der Waals surface area contributed by atoms with E-state index in [2.05, 4.69) is 44.5 Å². The first-order valence-corrected chi connectivity index (χ1v) is 10.2. The summed E-state index contributed by atoms with van der Waals surface area (Å²) in [4.78, 5) is 5.80. The average Bonchev–Trinajstić information content (AvgIpc) is 3.12. The fourth-order valence-corrected chi connectivity index (χ4v) is 4.97. The predicted octanol–water partition coefficient (Wildman–Crippen LogP) is 3.24. The van der Waals surface area contributed by atoms with Crippen LogP contribution in [0.4, 0.5) is 0 Å². The van der Waals surface area contributed by atoms with Gasteiger partial charge < -0.3 is 5.32 Å². The number of nitrogens with zero attached hydrogens (tertiary/aromatic N) is 4. The summed E-state index contributed by atoms with van der Waals surface area (Å²) in [5.74, 6) is 0. The number of hydrogen-bond acceptors (Lipinski definition) is 4. The maximum atomic E-state index is 9.30.